The zero-order valence-corrected chi connectivity index (χ0v) is 14.2. The predicted molar refractivity (Wildman–Crippen MR) is 90.7 cm³/mol. The molecule has 1 aromatic carbocycles. The van der Waals surface area contributed by atoms with E-state index in [2.05, 4.69) is 25.3 Å². The van der Waals surface area contributed by atoms with Crippen LogP contribution in [0.2, 0.25) is 0 Å². The molecule has 0 unspecified atom stereocenters. The Morgan fingerprint density at radius 2 is 1.92 bits per heavy atom. The van der Waals surface area contributed by atoms with Crippen molar-refractivity contribution < 1.29 is 17.9 Å². The Morgan fingerprint density at radius 1 is 1.16 bits per heavy atom. The highest BCUT2D eigenvalue weighted by Crippen LogP contribution is 2.28. The Labute approximate surface area is 144 Å². The number of halogens is 3. The lowest BCUT2D eigenvalue weighted by Gasteiger charge is -2.13. The quantitative estimate of drug-likeness (QED) is 0.796. The minimum Gasteiger partial charge on any atom is -0.406 e. The van der Waals surface area contributed by atoms with Gasteiger partial charge < -0.3 is 20.3 Å². The summed E-state index contributed by atoms with van der Waals surface area (Å²) in [4.78, 5) is 10.7. The average molecular weight is 355 g/mol. The maximum atomic E-state index is 12.4. The highest BCUT2D eigenvalue weighted by atomic mass is 19.4. The van der Waals surface area contributed by atoms with E-state index in [0.29, 0.717) is 29.6 Å². The van der Waals surface area contributed by atoms with Crippen molar-refractivity contribution in [3.63, 3.8) is 0 Å². The third-order valence-corrected chi connectivity index (χ3v) is 3.19. The molecule has 0 aliphatic carbocycles. The lowest BCUT2D eigenvalue weighted by molar-refractivity contribution is -0.274. The lowest BCUT2D eigenvalue weighted by atomic mass is 10.1. The van der Waals surface area contributed by atoms with Gasteiger partial charge in [-0.3, -0.25) is 0 Å². The normalized spacial score (nSPS) is 11.5. The number of nitrogens with zero attached hydrogens (tertiary/aromatic N) is 3. The van der Waals surface area contributed by atoms with Crippen LogP contribution in [0.3, 0.4) is 0 Å². The third kappa shape index (κ3) is 6.11. The molecule has 6 nitrogen and oxygen atoms in total. The van der Waals surface area contributed by atoms with E-state index in [1.807, 2.05) is 19.0 Å². The molecule has 2 N–H and O–H groups in total. The fourth-order valence-corrected chi connectivity index (χ4v) is 2.05. The first-order chi connectivity index (χ1) is 11.8. The molecule has 0 fully saturated rings. The standard InChI is InChI=1S/C16H20F3N5O/c1-20-14-10-13(22-15(23-14)21-7-8-24(2)3)11-5-4-6-12(9-11)25-16(17,18)19/h4-6,9-10H,7-8H2,1-3H3,(H2,20,21,22,23). The number of hydrogen-bond donors (Lipinski definition) is 2. The fraction of sp³-hybridized carbons (Fsp3) is 0.375. The minimum atomic E-state index is -4.74. The van der Waals surface area contributed by atoms with Crippen molar-refractivity contribution in [3.8, 4) is 17.0 Å². The molecule has 0 saturated heterocycles. The van der Waals surface area contributed by atoms with E-state index in [1.165, 1.54) is 18.2 Å². The van der Waals surface area contributed by atoms with Crippen molar-refractivity contribution in [3.05, 3.63) is 30.3 Å². The van der Waals surface area contributed by atoms with Gasteiger partial charge in [0.25, 0.3) is 0 Å². The van der Waals surface area contributed by atoms with Crippen molar-refractivity contribution in [1.82, 2.24) is 14.9 Å². The summed E-state index contributed by atoms with van der Waals surface area (Å²) in [5.41, 5.74) is 0.982. The maximum Gasteiger partial charge on any atom is 0.573 e. The number of aromatic nitrogens is 2. The molecule has 2 aromatic rings. The number of rotatable bonds is 7. The molecule has 1 aromatic heterocycles. The monoisotopic (exact) mass is 355 g/mol. The van der Waals surface area contributed by atoms with E-state index in [9.17, 15) is 13.2 Å². The molecule has 0 amide bonds. The smallest absolute Gasteiger partial charge is 0.406 e. The van der Waals surface area contributed by atoms with Crippen LogP contribution in [0.4, 0.5) is 24.9 Å². The molecule has 2 rings (SSSR count). The van der Waals surface area contributed by atoms with E-state index >= 15 is 0 Å². The number of ether oxygens (including phenoxy) is 1. The zero-order valence-electron chi connectivity index (χ0n) is 14.2. The number of likely N-dealkylation sites (N-methyl/N-ethyl adjacent to an activating group) is 1. The summed E-state index contributed by atoms with van der Waals surface area (Å²) in [6, 6.07) is 7.33. The molecular weight excluding hydrogens is 335 g/mol. The Bertz CT molecular complexity index is 706. The minimum absolute atomic E-state index is 0.295. The highest BCUT2D eigenvalue weighted by molar-refractivity contribution is 5.65. The zero-order chi connectivity index (χ0) is 18.4. The summed E-state index contributed by atoms with van der Waals surface area (Å²) >= 11 is 0. The summed E-state index contributed by atoms with van der Waals surface area (Å²) in [7, 11) is 5.60. The maximum absolute atomic E-state index is 12.4. The van der Waals surface area contributed by atoms with Gasteiger partial charge >= 0.3 is 6.36 Å². The SMILES string of the molecule is CNc1cc(-c2cccc(OC(F)(F)F)c2)nc(NCCN(C)C)n1. The first kappa shape index (κ1) is 18.8. The van der Waals surface area contributed by atoms with E-state index in [-0.39, 0.29) is 5.75 Å². The van der Waals surface area contributed by atoms with Crippen molar-refractivity contribution in [2.45, 2.75) is 6.36 Å². The van der Waals surface area contributed by atoms with Crippen LogP contribution in [-0.2, 0) is 0 Å². The molecule has 136 valence electrons. The Morgan fingerprint density at radius 3 is 2.56 bits per heavy atom. The highest BCUT2D eigenvalue weighted by Gasteiger charge is 2.31. The first-order valence-corrected chi connectivity index (χ1v) is 7.58. The number of benzene rings is 1. The lowest BCUT2D eigenvalue weighted by Crippen LogP contribution is -2.21. The van der Waals surface area contributed by atoms with Gasteiger partial charge in [0.2, 0.25) is 5.95 Å². The van der Waals surface area contributed by atoms with E-state index in [0.717, 1.165) is 6.54 Å². The van der Waals surface area contributed by atoms with Crippen LogP contribution in [0.25, 0.3) is 11.3 Å². The summed E-state index contributed by atoms with van der Waals surface area (Å²) in [5, 5.41) is 6.02. The second kappa shape index (κ2) is 8.02. The number of anilines is 2. The molecular formula is C16H20F3N5O. The Balaban J connectivity index is 2.27. The van der Waals surface area contributed by atoms with E-state index in [4.69, 9.17) is 0 Å². The molecule has 9 heteroatoms. The van der Waals surface area contributed by atoms with Crippen molar-refractivity contribution >= 4 is 11.8 Å². The van der Waals surface area contributed by atoms with Crippen molar-refractivity contribution in [1.29, 1.82) is 0 Å². The third-order valence-electron chi connectivity index (χ3n) is 3.19. The molecule has 0 bridgehead atoms. The predicted octanol–water partition coefficient (Wildman–Crippen LogP) is 3.06. The second-order valence-electron chi connectivity index (χ2n) is 5.52. The molecule has 25 heavy (non-hydrogen) atoms. The molecule has 0 atom stereocenters. The average Bonchev–Trinajstić information content (AvgIpc) is 2.53. The van der Waals surface area contributed by atoms with E-state index in [1.54, 1.807) is 19.2 Å². The summed E-state index contributed by atoms with van der Waals surface area (Å²) in [5.74, 6) is 0.655. The molecule has 0 aliphatic rings. The summed E-state index contributed by atoms with van der Waals surface area (Å²) < 4.78 is 41.1. The van der Waals surface area contributed by atoms with Crippen LogP contribution in [0.5, 0.6) is 5.75 Å². The number of alkyl halides is 3. The molecule has 0 saturated carbocycles. The number of hydrogen-bond acceptors (Lipinski definition) is 6. The van der Waals surface area contributed by atoms with Crippen LogP contribution in [-0.4, -0.2) is 55.5 Å². The van der Waals surface area contributed by atoms with Gasteiger partial charge in [0.15, 0.2) is 0 Å². The summed E-state index contributed by atoms with van der Waals surface area (Å²) in [6.07, 6.45) is -4.74. The van der Waals surface area contributed by atoms with Gasteiger partial charge in [-0.05, 0) is 26.2 Å². The molecule has 0 spiro atoms. The fourth-order valence-electron chi connectivity index (χ4n) is 2.05. The van der Waals surface area contributed by atoms with Gasteiger partial charge in [-0.15, -0.1) is 13.2 Å². The van der Waals surface area contributed by atoms with Crippen LogP contribution < -0.4 is 15.4 Å². The van der Waals surface area contributed by atoms with Crippen LogP contribution in [0, 0.1) is 0 Å². The Hall–Kier alpha value is -2.55. The topological polar surface area (TPSA) is 62.3 Å². The van der Waals surface area contributed by atoms with Gasteiger partial charge in [-0.1, -0.05) is 12.1 Å². The largest absolute Gasteiger partial charge is 0.573 e. The molecule has 0 aliphatic heterocycles. The van der Waals surface area contributed by atoms with Crippen LogP contribution in [0.1, 0.15) is 0 Å². The molecule has 1 heterocycles. The van der Waals surface area contributed by atoms with Crippen molar-refractivity contribution in [2.24, 2.45) is 0 Å². The number of nitrogens with one attached hydrogen (secondary N) is 2. The van der Waals surface area contributed by atoms with Gasteiger partial charge in [0.05, 0.1) is 5.69 Å². The summed E-state index contributed by atoms with van der Waals surface area (Å²) in [6.45, 7) is 1.42. The van der Waals surface area contributed by atoms with Crippen LogP contribution in [0.15, 0.2) is 30.3 Å². The first-order valence-electron chi connectivity index (χ1n) is 7.58. The molecule has 0 radical (unpaired) electrons. The van der Waals surface area contributed by atoms with Crippen molar-refractivity contribution in [2.75, 3.05) is 44.9 Å². The van der Waals surface area contributed by atoms with Crippen LogP contribution >= 0.6 is 0 Å². The van der Waals surface area contributed by atoms with E-state index < -0.39 is 6.36 Å². The van der Waals surface area contributed by atoms with Gasteiger partial charge in [-0.25, -0.2) is 4.98 Å². The Kier molecular flexibility index (Phi) is 6.02. The van der Waals surface area contributed by atoms with Gasteiger partial charge in [-0.2, -0.15) is 4.98 Å². The van der Waals surface area contributed by atoms with Gasteiger partial charge in [0, 0.05) is 31.8 Å². The van der Waals surface area contributed by atoms with Gasteiger partial charge in [0.1, 0.15) is 11.6 Å². The second-order valence-corrected chi connectivity index (χ2v) is 5.52.